The zero-order valence-corrected chi connectivity index (χ0v) is 28.0. The molecule has 0 aromatic heterocycles. The number of hydrogen-bond acceptors (Lipinski definition) is 2. The molecule has 0 saturated heterocycles. The summed E-state index contributed by atoms with van der Waals surface area (Å²) in [4.78, 5) is 0. The third-order valence-electron chi connectivity index (χ3n) is 4.28. The average molecular weight is 1050 g/mol. The molecule has 2 nitrogen and oxygen atoms in total. The molecule has 0 N–H and O–H groups in total. The summed E-state index contributed by atoms with van der Waals surface area (Å²) < 4.78 is 18.2. The van der Waals surface area contributed by atoms with Crippen LogP contribution < -0.4 is 9.47 Å². The number of ether oxygens (including phenoxy) is 2. The first kappa shape index (κ1) is 26.7. The van der Waals surface area contributed by atoms with Crippen LogP contribution in [0.1, 0.15) is 33.4 Å². The van der Waals surface area contributed by atoms with E-state index in [0.29, 0.717) is 13.2 Å². The molecule has 0 fully saturated rings. The van der Waals surface area contributed by atoms with E-state index in [-0.39, 0.29) is 0 Å². The summed E-state index contributed by atoms with van der Waals surface area (Å²) in [6, 6.07) is 8.75. The average Bonchev–Trinajstić information content (AvgIpc) is 2.74. The molecule has 0 saturated carbocycles. The Morgan fingerprint density at radius 2 is 0.750 bits per heavy atom. The van der Waals surface area contributed by atoms with E-state index < -0.39 is 0 Å². The highest BCUT2D eigenvalue weighted by atomic mass is 127. The lowest BCUT2D eigenvalue weighted by atomic mass is 10.0. The number of rotatable bonds is 11. The largest absolute Gasteiger partial charge is 0.490 e. The van der Waals surface area contributed by atoms with Gasteiger partial charge < -0.3 is 9.47 Å². The van der Waals surface area contributed by atoms with Crippen LogP contribution in [0, 0.1) is 0 Å². The molecular weight excluding hydrogens is 1030 g/mol. The van der Waals surface area contributed by atoms with Crippen molar-refractivity contribution in [3.63, 3.8) is 0 Å². The fraction of sp³-hybridized carbons (Fsp3) is 0.400. The van der Waals surface area contributed by atoms with Crippen molar-refractivity contribution in [2.24, 2.45) is 0 Å². The predicted molar refractivity (Wildman–Crippen MR) is 170 cm³/mol. The second-order valence-corrected chi connectivity index (χ2v) is 10.5. The molecule has 0 amide bonds. The van der Waals surface area contributed by atoms with E-state index in [4.69, 9.17) is 9.47 Å². The topological polar surface area (TPSA) is 18.5 Å². The minimum atomic E-state index is 0.554. The van der Waals surface area contributed by atoms with Crippen LogP contribution in [0.25, 0.3) is 0 Å². The van der Waals surface area contributed by atoms with E-state index >= 15 is 0 Å². The van der Waals surface area contributed by atoms with Crippen molar-refractivity contribution in [2.45, 2.75) is 26.6 Å². The molecule has 2 rings (SSSR count). The first-order valence-electron chi connectivity index (χ1n) is 8.52. The summed E-state index contributed by atoms with van der Waals surface area (Å²) in [6.45, 7) is 1.11. The molecule has 0 atom stereocenters. The first-order valence-corrected chi connectivity index (χ1v) is 17.7. The highest BCUT2D eigenvalue weighted by Gasteiger charge is 2.11. The van der Waals surface area contributed by atoms with Crippen LogP contribution in [-0.2, 0) is 26.6 Å². The van der Waals surface area contributed by atoms with Crippen LogP contribution in [-0.4, -0.2) is 13.2 Å². The first-order chi connectivity index (χ1) is 13.6. The fourth-order valence-corrected chi connectivity index (χ4v) is 7.52. The molecule has 0 unspecified atom stereocenters. The standard InChI is InChI=1S/C20H20I6O2/c21-7-13-3-17(4-14(8-22)19(13)11-25)27-1-2-28-18-5-15(9-23)20(12-26)16(6-18)10-24/h3-6H,1-2,7-12H2. The Labute approximate surface area is 249 Å². The lowest BCUT2D eigenvalue weighted by Crippen LogP contribution is -2.10. The Kier molecular flexibility index (Phi) is 13.9. The molecular formula is C20H20I6O2. The SMILES string of the molecule is ICc1cc(OCCOc2cc(CI)c(CI)c(CI)c2)cc(CI)c1CI. The van der Waals surface area contributed by atoms with Crippen LogP contribution in [0.2, 0.25) is 0 Å². The Morgan fingerprint density at radius 1 is 0.464 bits per heavy atom. The third-order valence-corrected chi connectivity index (χ3v) is 9.09. The van der Waals surface area contributed by atoms with Crippen molar-refractivity contribution in [1.29, 1.82) is 0 Å². The highest BCUT2D eigenvalue weighted by molar-refractivity contribution is 14.1. The van der Waals surface area contributed by atoms with E-state index in [0.717, 1.165) is 38.1 Å². The molecule has 154 valence electrons. The molecule has 0 aliphatic heterocycles. The maximum atomic E-state index is 6.03. The molecule has 2 aromatic carbocycles. The molecule has 8 heteroatoms. The molecule has 2 aromatic rings. The van der Waals surface area contributed by atoms with Crippen molar-refractivity contribution < 1.29 is 9.47 Å². The van der Waals surface area contributed by atoms with Gasteiger partial charge in [0.25, 0.3) is 0 Å². The van der Waals surface area contributed by atoms with Crippen LogP contribution in [0.5, 0.6) is 11.5 Å². The second kappa shape index (κ2) is 14.5. The van der Waals surface area contributed by atoms with Gasteiger partial charge in [-0.3, -0.25) is 0 Å². The monoisotopic (exact) mass is 1050 g/mol. The van der Waals surface area contributed by atoms with Gasteiger partial charge in [-0.25, -0.2) is 0 Å². The van der Waals surface area contributed by atoms with Gasteiger partial charge in [0.05, 0.1) is 0 Å². The van der Waals surface area contributed by atoms with Crippen molar-refractivity contribution in [2.75, 3.05) is 13.2 Å². The zero-order valence-electron chi connectivity index (χ0n) is 15.1. The summed E-state index contributed by atoms with van der Waals surface area (Å²) in [5, 5.41) is 0. The summed E-state index contributed by atoms with van der Waals surface area (Å²) in [7, 11) is 0. The molecule has 28 heavy (non-hydrogen) atoms. The van der Waals surface area contributed by atoms with Gasteiger partial charge in [0.1, 0.15) is 24.7 Å². The molecule has 0 aliphatic carbocycles. The predicted octanol–water partition coefficient (Wildman–Crippen LogP) is 8.75. The van der Waals surface area contributed by atoms with Gasteiger partial charge in [-0.15, -0.1) is 0 Å². The minimum absolute atomic E-state index is 0.554. The van der Waals surface area contributed by atoms with E-state index in [1.807, 2.05) is 0 Å². The lowest BCUT2D eigenvalue weighted by Gasteiger charge is -2.16. The van der Waals surface area contributed by atoms with Gasteiger partial charge in [-0.05, 0) is 57.6 Å². The van der Waals surface area contributed by atoms with Crippen LogP contribution in [0.3, 0.4) is 0 Å². The van der Waals surface area contributed by atoms with Crippen molar-refractivity contribution in [1.82, 2.24) is 0 Å². The number of halogens is 6. The fourth-order valence-electron chi connectivity index (χ4n) is 2.84. The second-order valence-electron chi connectivity index (χ2n) is 5.94. The summed E-state index contributed by atoms with van der Waals surface area (Å²) in [5.41, 5.74) is 8.45. The van der Waals surface area contributed by atoms with Crippen molar-refractivity contribution in [3.05, 3.63) is 57.6 Å². The lowest BCUT2D eigenvalue weighted by molar-refractivity contribution is 0.217. The van der Waals surface area contributed by atoms with E-state index in [9.17, 15) is 0 Å². The van der Waals surface area contributed by atoms with E-state index in [2.05, 4.69) is 160 Å². The summed E-state index contributed by atoms with van der Waals surface area (Å²) in [6.07, 6.45) is 0. The Hall–Kier alpha value is 2.42. The maximum absolute atomic E-state index is 6.03. The molecule has 0 bridgehead atoms. The Bertz CT molecular complexity index is 666. The zero-order chi connectivity index (χ0) is 20.5. The summed E-state index contributed by atoms with van der Waals surface area (Å²) in [5.74, 6) is 1.91. The van der Waals surface area contributed by atoms with Gasteiger partial charge in [0.2, 0.25) is 0 Å². The highest BCUT2D eigenvalue weighted by Crippen LogP contribution is 2.30. The smallest absolute Gasteiger partial charge is 0.122 e. The van der Waals surface area contributed by atoms with E-state index in [1.165, 1.54) is 33.4 Å². The Morgan fingerprint density at radius 3 is 0.964 bits per heavy atom. The van der Waals surface area contributed by atoms with Gasteiger partial charge in [0.15, 0.2) is 0 Å². The molecule has 0 aliphatic rings. The quantitative estimate of drug-likeness (QED) is 0.128. The van der Waals surface area contributed by atoms with Gasteiger partial charge >= 0.3 is 0 Å². The van der Waals surface area contributed by atoms with Crippen LogP contribution >= 0.6 is 136 Å². The molecule has 0 heterocycles. The third kappa shape index (κ3) is 7.49. The maximum Gasteiger partial charge on any atom is 0.122 e. The van der Waals surface area contributed by atoms with Gasteiger partial charge in [-0.2, -0.15) is 0 Å². The molecule has 0 spiro atoms. The van der Waals surface area contributed by atoms with Gasteiger partial charge in [0, 0.05) is 26.6 Å². The molecule has 0 radical (unpaired) electrons. The van der Waals surface area contributed by atoms with Gasteiger partial charge in [-0.1, -0.05) is 136 Å². The normalized spacial score (nSPS) is 10.9. The number of benzene rings is 2. The Balaban J connectivity index is 2.03. The van der Waals surface area contributed by atoms with Crippen molar-refractivity contribution >= 4 is 136 Å². The minimum Gasteiger partial charge on any atom is -0.490 e. The number of hydrogen-bond donors (Lipinski definition) is 0. The van der Waals surface area contributed by atoms with Crippen LogP contribution in [0.15, 0.2) is 24.3 Å². The van der Waals surface area contributed by atoms with Crippen molar-refractivity contribution in [3.8, 4) is 11.5 Å². The number of alkyl halides is 6. The summed E-state index contributed by atoms with van der Waals surface area (Å²) >= 11 is 14.6. The van der Waals surface area contributed by atoms with E-state index in [1.54, 1.807) is 0 Å². The van der Waals surface area contributed by atoms with Crippen LogP contribution in [0.4, 0.5) is 0 Å².